The van der Waals surface area contributed by atoms with Gasteiger partial charge in [-0.25, -0.2) is 0 Å². The van der Waals surface area contributed by atoms with Crippen molar-refractivity contribution in [1.29, 1.82) is 0 Å². The van der Waals surface area contributed by atoms with Gasteiger partial charge in [0.15, 0.2) is 0 Å². The first kappa shape index (κ1) is 22.1. The minimum atomic E-state index is -1.23. The van der Waals surface area contributed by atoms with Crippen LogP contribution < -0.4 is 4.74 Å². The van der Waals surface area contributed by atoms with Crippen LogP contribution in [0.2, 0.25) is 0 Å². The van der Waals surface area contributed by atoms with Crippen molar-refractivity contribution in [3.05, 3.63) is 65.2 Å². The van der Waals surface area contributed by atoms with Gasteiger partial charge in [0, 0.05) is 44.5 Å². The van der Waals surface area contributed by atoms with E-state index in [0.29, 0.717) is 24.4 Å². The van der Waals surface area contributed by atoms with Crippen molar-refractivity contribution in [1.82, 2.24) is 9.80 Å². The molecule has 2 aliphatic heterocycles. The number of ether oxygens (including phenoxy) is 1. The number of likely N-dealkylation sites (N-methyl/N-ethyl adjacent to an activating group) is 1. The summed E-state index contributed by atoms with van der Waals surface area (Å²) in [5.74, 6) is 0.0940. The molecule has 168 valence electrons. The first-order valence-electron chi connectivity index (χ1n) is 11.1. The van der Waals surface area contributed by atoms with Gasteiger partial charge in [0.05, 0.1) is 12.5 Å². The number of carbonyl (C=O) groups is 3. The molecule has 0 aromatic heterocycles. The number of para-hydroxylation sites is 1. The fourth-order valence-electron chi connectivity index (χ4n) is 5.24. The molecule has 6 nitrogen and oxygen atoms in total. The number of aryl methyl sites for hydroxylation is 1. The van der Waals surface area contributed by atoms with Crippen LogP contribution in [0.25, 0.3) is 0 Å². The number of amides is 3. The standard InChI is InChI=1S/C26H30N2O4/c1-18-9-4-5-11-20(18)19-10-8-14-28(17-19)24(30)16-26(15-23(29)27(2)25(26)31)21-12-6-7-13-22(21)32-3/h4-7,9,11-13,19H,8,10,14-17H2,1-3H3/t19-,26+/m0/s1. The van der Waals surface area contributed by atoms with Crippen molar-refractivity contribution in [3.8, 4) is 5.75 Å². The molecule has 0 radical (unpaired) electrons. The van der Waals surface area contributed by atoms with Crippen LogP contribution in [0.5, 0.6) is 5.75 Å². The summed E-state index contributed by atoms with van der Waals surface area (Å²) >= 11 is 0. The van der Waals surface area contributed by atoms with Crippen molar-refractivity contribution < 1.29 is 19.1 Å². The number of piperidine rings is 1. The highest BCUT2D eigenvalue weighted by Gasteiger charge is 2.54. The Balaban J connectivity index is 1.63. The zero-order valence-electron chi connectivity index (χ0n) is 19.0. The molecular weight excluding hydrogens is 404 g/mol. The molecule has 2 atom stereocenters. The Morgan fingerprint density at radius 3 is 2.53 bits per heavy atom. The predicted molar refractivity (Wildman–Crippen MR) is 121 cm³/mol. The summed E-state index contributed by atoms with van der Waals surface area (Å²) in [5, 5.41) is 0. The first-order valence-corrected chi connectivity index (χ1v) is 11.1. The van der Waals surface area contributed by atoms with Crippen LogP contribution in [0.1, 0.15) is 48.3 Å². The molecule has 2 aromatic carbocycles. The first-order chi connectivity index (χ1) is 15.4. The molecule has 2 fully saturated rings. The highest BCUT2D eigenvalue weighted by atomic mass is 16.5. The molecule has 32 heavy (non-hydrogen) atoms. The summed E-state index contributed by atoms with van der Waals surface area (Å²) in [4.78, 5) is 42.4. The van der Waals surface area contributed by atoms with Gasteiger partial charge in [-0.15, -0.1) is 0 Å². The van der Waals surface area contributed by atoms with Gasteiger partial charge in [-0.2, -0.15) is 0 Å². The molecule has 2 heterocycles. The van der Waals surface area contributed by atoms with Gasteiger partial charge in [-0.3, -0.25) is 19.3 Å². The minimum Gasteiger partial charge on any atom is -0.496 e. The highest BCUT2D eigenvalue weighted by Crippen LogP contribution is 2.44. The predicted octanol–water partition coefficient (Wildman–Crippen LogP) is 3.43. The highest BCUT2D eigenvalue weighted by molar-refractivity contribution is 6.10. The summed E-state index contributed by atoms with van der Waals surface area (Å²) in [6.07, 6.45) is 1.89. The van der Waals surface area contributed by atoms with E-state index in [4.69, 9.17) is 4.74 Å². The van der Waals surface area contributed by atoms with Gasteiger partial charge in [-0.1, -0.05) is 42.5 Å². The van der Waals surface area contributed by atoms with Crippen LogP contribution in [0.3, 0.4) is 0 Å². The Kier molecular flexibility index (Phi) is 6.04. The zero-order valence-corrected chi connectivity index (χ0v) is 19.0. The minimum absolute atomic E-state index is 0.0243. The summed E-state index contributed by atoms with van der Waals surface area (Å²) in [6.45, 7) is 3.40. The molecule has 0 bridgehead atoms. The van der Waals surface area contributed by atoms with E-state index in [1.165, 1.54) is 25.3 Å². The lowest BCUT2D eigenvalue weighted by molar-refractivity contribution is -0.142. The smallest absolute Gasteiger partial charge is 0.240 e. The normalized spacial score (nSPS) is 23.5. The number of hydrogen-bond acceptors (Lipinski definition) is 4. The fraction of sp³-hybridized carbons (Fsp3) is 0.423. The number of nitrogens with zero attached hydrogens (tertiary/aromatic N) is 2. The molecule has 6 heteroatoms. The molecule has 0 spiro atoms. The van der Waals surface area contributed by atoms with E-state index < -0.39 is 5.41 Å². The Labute approximate surface area is 189 Å². The van der Waals surface area contributed by atoms with E-state index in [0.717, 1.165) is 17.7 Å². The van der Waals surface area contributed by atoms with E-state index in [1.54, 1.807) is 12.1 Å². The Morgan fingerprint density at radius 1 is 1.12 bits per heavy atom. The van der Waals surface area contributed by atoms with Crippen molar-refractivity contribution >= 4 is 17.7 Å². The summed E-state index contributed by atoms with van der Waals surface area (Å²) < 4.78 is 5.51. The number of rotatable bonds is 5. The fourth-order valence-corrected chi connectivity index (χ4v) is 5.24. The van der Waals surface area contributed by atoms with Gasteiger partial charge >= 0.3 is 0 Å². The molecule has 0 unspecified atom stereocenters. The van der Waals surface area contributed by atoms with Crippen molar-refractivity contribution in [2.75, 3.05) is 27.2 Å². The number of hydrogen-bond donors (Lipinski definition) is 0. The topological polar surface area (TPSA) is 66.9 Å². The van der Waals surface area contributed by atoms with Crippen molar-refractivity contribution in [3.63, 3.8) is 0 Å². The summed E-state index contributed by atoms with van der Waals surface area (Å²) in [6, 6.07) is 15.5. The molecule has 0 saturated carbocycles. The van der Waals surface area contributed by atoms with Crippen LogP contribution in [-0.2, 0) is 19.8 Å². The molecule has 3 amide bonds. The molecule has 2 saturated heterocycles. The molecule has 4 rings (SSSR count). The third kappa shape index (κ3) is 3.78. The number of carbonyl (C=O) groups excluding carboxylic acids is 3. The maximum atomic E-state index is 13.6. The number of likely N-dealkylation sites (tertiary alicyclic amines) is 2. The van der Waals surface area contributed by atoms with Gasteiger partial charge < -0.3 is 9.64 Å². The molecule has 0 N–H and O–H groups in total. The Morgan fingerprint density at radius 2 is 1.84 bits per heavy atom. The van der Waals surface area contributed by atoms with Crippen LogP contribution in [0, 0.1) is 6.92 Å². The van der Waals surface area contributed by atoms with Crippen molar-refractivity contribution in [2.45, 2.75) is 43.9 Å². The van der Waals surface area contributed by atoms with E-state index in [-0.39, 0.29) is 36.5 Å². The van der Waals surface area contributed by atoms with Gasteiger partial charge in [0.2, 0.25) is 17.7 Å². The maximum absolute atomic E-state index is 13.6. The SMILES string of the molecule is COc1ccccc1[C@]1(CC(=O)N2CCC[C@H](c3ccccc3C)C2)CC(=O)N(C)C1=O. The number of imide groups is 1. The third-order valence-electron chi connectivity index (χ3n) is 7.02. The summed E-state index contributed by atoms with van der Waals surface area (Å²) in [5.41, 5.74) is 1.88. The monoisotopic (exact) mass is 434 g/mol. The second-order valence-electron chi connectivity index (χ2n) is 8.93. The number of methoxy groups -OCH3 is 1. The molecular formula is C26H30N2O4. The van der Waals surface area contributed by atoms with E-state index in [2.05, 4.69) is 19.1 Å². The Hall–Kier alpha value is -3.15. The van der Waals surface area contributed by atoms with Crippen molar-refractivity contribution in [2.24, 2.45) is 0 Å². The second kappa shape index (κ2) is 8.77. The van der Waals surface area contributed by atoms with E-state index >= 15 is 0 Å². The lowest BCUT2D eigenvalue weighted by atomic mass is 9.75. The zero-order chi connectivity index (χ0) is 22.9. The van der Waals surface area contributed by atoms with Crippen LogP contribution in [0.15, 0.2) is 48.5 Å². The lowest BCUT2D eigenvalue weighted by Gasteiger charge is -2.36. The second-order valence-corrected chi connectivity index (χ2v) is 8.93. The largest absolute Gasteiger partial charge is 0.496 e. The number of benzene rings is 2. The van der Waals surface area contributed by atoms with Gasteiger partial charge in [0.25, 0.3) is 0 Å². The Bertz CT molecular complexity index is 1050. The van der Waals surface area contributed by atoms with E-state index in [1.807, 2.05) is 29.2 Å². The quantitative estimate of drug-likeness (QED) is 0.677. The van der Waals surface area contributed by atoms with Crippen LogP contribution >= 0.6 is 0 Å². The third-order valence-corrected chi connectivity index (χ3v) is 7.02. The summed E-state index contributed by atoms with van der Waals surface area (Å²) in [7, 11) is 3.03. The molecule has 2 aliphatic rings. The molecule has 0 aliphatic carbocycles. The van der Waals surface area contributed by atoms with Gasteiger partial charge in [-0.05, 0) is 37.0 Å². The molecule has 2 aromatic rings. The van der Waals surface area contributed by atoms with Crippen LogP contribution in [-0.4, -0.2) is 54.8 Å². The average molecular weight is 435 g/mol. The maximum Gasteiger partial charge on any atom is 0.240 e. The van der Waals surface area contributed by atoms with E-state index in [9.17, 15) is 14.4 Å². The average Bonchev–Trinajstić information content (AvgIpc) is 3.03. The lowest BCUT2D eigenvalue weighted by Crippen LogP contribution is -2.45. The van der Waals surface area contributed by atoms with Gasteiger partial charge in [0.1, 0.15) is 5.75 Å². The van der Waals surface area contributed by atoms with Crippen LogP contribution in [0.4, 0.5) is 0 Å².